The van der Waals surface area contributed by atoms with Crippen molar-refractivity contribution in [1.29, 1.82) is 0 Å². The molecule has 2 aromatic rings. The highest BCUT2D eigenvalue weighted by Gasteiger charge is 2.35. The number of hydrogen-bond donors (Lipinski definition) is 0. The van der Waals surface area contributed by atoms with Crippen LogP contribution in [0.5, 0.6) is 0 Å². The third kappa shape index (κ3) is 4.16. The van der Waals surface area contributed by atoms with Gasteiger partial charge in [-0.3, -0.25) is 0 Å². The summed E-state index contributed by atoms with van der Waals surface area (Å²) in [5, 5.41) is 0. The van der Waals surface area contributed by atoms with Crippen molar-refractivity contribution in [2.45, 2.75) is 58.5 Å². The van der Waals surface area contributed by atoms with Crippen LogP contribution in [0.25, 0.3) is 0 Å². The van der Waals surface area contributed by atoms with Crippen molar-refractivity contribution in [3.05, 3.63) is 53.0 Å². The first-order valence-corrected chi connectivity index (χ1v) is 12.3. The Labute approximate surface area is 174 Å². The van der Waals surface area contributed by atoms with Crippen LogP contribution in [0, 0.1) is 6.92 Å². The smallest absolute Gasteiger partial charge is 0.214 e. The molecule has 1 aromatic carbocycles. The second-order valence-corrected chi connectivity index (χ2v) is 10.2. The van der Waals surface area contributed by atoms with E-state index >= 15 is 0 Å². The predicted molar refractivity (Wildman–Crippen MR) is 115 cm³/mol. The standard InChI is InChI=1S/C22H30N4O2S/c1-3-29(27,28)26-15-8-7-13-20(26)21-23-17(2)19-12-9-14-25(22(19)24-21)16-18-10-5-4-6-11-18/h4-6,10-11,20H,3,7-9,12-16H2,1-2H3/t20-/m1/s1. The summed E-state index contributed by atoms with van der Waals surface area (Å²) in [6.07, 6.45) is 4.76. The molecule has 0 N–H and O–H groups in total. The SMILES string of the molecule is CCS(=O)(=O)N1CCCC[C@@H]1c1nc(C)c2c(n1)N(Cc1ccccc1)CCC2. The normalized spacial score (nSPS) is 20.5. The van der Waals surface area contributed by atoms with Gasteiger partial charge in [0.2, 0.25) is 10.0 Å². The molecule has 7 heteroatoms. The van der Waals surface area contributed by atoms with Gasteiger partial charge in [0.15, 0.2) is 0 Å². The van der Waals surface area contributed by atoms with Crippen molar-refractivity contribution in [3.8, 4) is 0 Å². The summed E-state index contributed by atoms with van der Waals surface area (Å²) < 4.78 is 27.0. The lowest BCUT2D eigenvalue weighted by Gasteiger charge is -2.36. The lowest BCUT2D eigenvalue weighted by atomic mass is 10.0. The van der Waals surface area contributed by atoms with E-state index in [1.165, 1.54) is 11.1 Å². The fraction of sp³-hybridized carbons (Fsp3) is 0.545. The van der Waals surface area contributed by atoms with E-state index in [2.05, 4.69) is 29.2 Å². The number of benzene rings is 1. The summed E-state index contributed by atoms with van der Waals surface area (Å²) in [5.41, 5.74) is 3.45. The predicted octanol–water partition coefficient (Wildman–Crippen LogP) is 3.61. The molecule has 4 rings (SSSR count). The third-order valence-corrected chi connectivity index (χ3v) is 7.94. The van der Waals surface area contributed by atoms with E-state index in [9.17, 15) is 8.42 Å². The summed E-state index contributed by atoms with van der Waals surface area (Å²) in [5.74, 6) is 1.77. The number of hydrogen-bond acceptors (Lipinski definition) is 5. The van der Waals surface area contributed by atoms with Gasteiger partial charge in [-0.1, -0.05) is 36.8 Å². The van der Waals surface area contributed by atoms with Gasteiger partial charge in [-0.05, 0) is 45.1 Å². The van der Waals surface area contributed by atoms with Crippen molar-refractivity contribution < 1.29 is 8.42 Å². The zero-order valence-corrected chi connectivity index (χ0v) is 18.2. The van der Waals surface area contributed by atoms with E-state index < -0.39 is 10.0 Å². The molecular formula is C22H30N4O2S. The molecule has 1 aromatic heterocycles. The second kappa shape index (κ2) is 8.40. The first kappa shape index (κ1) is 20.3. The van der Waals surface area contributed by atoms with Crippen LogP contribution < -0.4 is 4.90 Å². The minimum Gasteiger partial charge on any atom is -0.352 e. The minimum atomic E-state index is -3.28. The fourth-order valence-corrected chi connectivity index (χ4v) is 5.80. The molecule has 2 aliphatic heterocycles. The lowest BCUT2D eigenvalue weighted by Crippen LogP contribution is -2.40. The average Bonchev–Trinajstić information content (AvgIpc) is 2.75. The molecule has 1 saturated heterocycles. The van der Waals surface area contributed by atoms with Crippen molar-refractivity contribution in [3.63, 3.8) is 0 Å². The molecule has 6 nitrogen and oxygen atoms in total. The molecule has 2 aliphatic rings. The number of aromatic nitrogens is 2. The Morgan fingerprint density at radius 1 is 1.07 bits per heavy atom. The number of fused-ring (bicyclic) bond motifs is 1. The van der Waals surface area contributed by atoms with Gasteiger partial charge in [-0.2, -0.15) is 4.31 Å². The number of nitrogens with zero attached hydrogens (tertiary/aromatic N) is 4. The van der Waals surface area contributed by atoms with Crippen LogP contribution in [-0.4, -0.2) is 41.5 Å². The third-order valence-electron chi connectivity index (χ3n) is 6.05. The molecule has 1 atom stereocenters. The van der Waals surface area contributed by atoms with Crippen LogP contribution in [0.2, 0.25) is 0 Å². The number of piperidine rings is 1. The van der Waals surface area contributed by atoms with E-state index in [0.29, 0.717) is 12.4 Å². The van der Waals surface area contributed by atoms with Gasteiger partial charge < -0.3 is 4.90 Å². The molecule has 0 radical (unpaired) electrons. The highest BCUT2D eigenvalue weighted by atomic mass is 32.2. The van der Waals surface area contributed by atoms with Crippen LogP contribution in [0.3, 0.4) is 0 Å². The Balaban J connectivity index is 1.71. The largest absolute Gasteiger partial charge is 0.352 e. The van der Waals surface area contributed by atoms with Crippen molar-refractivity contribution in [2.75, 3.05) is 23.7 Å². The van der Waals surface area contributed by atoms with Gasteiger partial charge in [-0.25, -0.2) is 18.4 Å². The van der Waals surface area contributed by atoms with Crippen molar-refractivity contribution in [2.24, 2.45) is 0 Å². The summed E-state index contributed by atoms with van der Waals surface area (Å²) in [7, 11) is -3.28. The number of rotatable bonds is 5. The number of sulfonamides is 1. The monoisotopic (exact) mass is 414 g/mol. The summed E-state index contributed by atoms with van der Waals surface area (Å²) in [6.45, 7) is 6.08. The zero-order valence-electron chi connectivity index (χ0n) is 17.3. The van der Waals surface area contributed by atoms with E-state index in [0.717, 1.165) is 56.7 Å². The molecule has 0 bridgehead atoms. The van der Waals surface area contributed by atoms with Crippen LogP contribution in [0.4, 0.5) is 5.82 Å². The van der Waals surface area contributed by atoms with Gasteiger partial charge in [-0.15, -0.1) is 0 Å². The van der Waals surface area contributed by atoms with Gasteiger partial charge in [0.1, 0.15) is 11.6 Å². The van der Waals surface area contributed by atoms with Crippen LogP contribution in [0.15, 0.2) is 30.3 Å². The van der Waals surface area contributed by atoms with E-state index in [-0.39, 0.29) is 11.8 Å². The molecule has 1 fully saturated rings. The number of aryl methyl sites for hydroxylation is 1. The second-order valence-electron chi connectivity index (χ2n) is 8.00. The molecule has 0 spiro atoms. The molecule has 0 aliphatic carbocycles. The van der Waals surface area contributed by atoms with E-state index in [1.807, 2.05) is 13.0 Å². The molecule has 29 heavy (non-hydrogen) atoms. The Hall–Kier alpha value is -1.99. The van der Waals surface area contributed by atoms with Crippen LogP contribution >= 0.6 is 0 Å². The Morgan fingerprint density at radius 2 is 1.86 bits per heavy atom. The lowest BCUT2D eigenvalue weighted by molar-refractivity contribution is 0.246. The molecule has 156 valence electrons. The first-order valence-electron chi connectivity index (χ1n) is 10.7. The van der Waals surface area contributed by atoms with E-state index in [1.54, 1.807) is 11.2 Å². The topological polar surface area (TPSA) is 66.4 Å². The summed E-state index contributed by atoms with van der Waals surface area (Å²) in [4.78, 5) is 12.1. The van der Waals surface area contributed by atoms with Gasteiger partial charge in [0.25, 0.3) is 0 Å². The Bertz CT molecular complexity index is 962. The average molecular weight is 415 g/mol. The van der Waals surface area contributed by atoms with Crippen molar-refractivity contribution in [1.82, 2.24) is 14.3 Å². The fourth-order valence-electron chi connectivity index (χ4n) is 4.48. The maximum Gasteiger partial charge on any atom is 0.214 e. The molecule has 3 heterocycles. The molecule has 0 unspecified atom stereocenters. The maximum absolute atomic E-state index is 12.7. The quantitative estimate of drug-likeness (QED) is 0.748. The summed E-state index contributed by atoms with van der Waals surface area (Å²) in [6, 6.07) is 10.2. The Kier molecular flexibility index (Phi) is 5.88. The highest BCUT2D eigenvalue weighted by molar-refractivity contribution is 7.89. The van der Waals surface area contributed by atoms with Gasteiger partial charge in [0.05, 0.1) is 11.8 Å². The minimum absolute atomic E-state index is 0.119. The maximum atomic E-state index is 12.7. The summed E-state index contributed by atoms with van der Waals surface area (Å²) >= 11 is 0. The first-order chi connectivity index (χ1) is 14.0. The van der Waals surface area contributed by atoms with Gasteiger partial charge >= 0.3 is 0 Å². The van der Waals surface area contributed by atoms with Gasteiger partial charge in [0, 0.05) is 30.9 Å². The zero-order chi connectivity index (χ0) is 20.4. The molecular weight excluding hydrogens is 384 g/mol. The molecule has 0 saturated carbocycles. The van der Waals surface area contributed by atoms with Crippen LogP contribution in [0.1, 0.15) is 61.3 Å². The highest BCUT2D eigenvalue weighted by Crippen LogP contribution is 2.35. The molecule has 0 amide bonds. The van der Waals surface area contributed by atoms with E-state index in [4.69, 9.17) is 9.97 Å². The Morgan fingerprint density at radius 3 is 2.62 bits per heavy atom. The van der Waals surface area contributed by atoms with Crippen molar-refractivity contribution >= 4 is 15.8 Å². The van der Waals surface area contributed by atoms with Crippen LogP contribution in [-0.2, 0) is 23.0 Å². The number of anilines is 1.